The molecule has 2 saturated heterocycles. The lowest BCUT2D eigenvalue weighted by molar-refractivity contribution is -0.117. The van der Waals surface area contributed by atoms with Gasteiger partial charge in [-0.15, -0.1) is 0 Å². The van der Waals surface area contributed by atoms with E-state index in [1.807, 2.05) is 38.4 Å². The van der Waals surface area contributed by atoms with Gasteiger partial charge in [-0.3, -0.25) is 14.4 Å². The van der Waals surface area contributed by atoms with E-state index in [2.05, 4.69) is 31.3 Å². The summed E-state index contributed by atoms with van der Waals surface area (Å²) in [4.78, 5) is 21.7. The summed E-state index contributed by atoms with van der Waals surface area (Å²) in [5.74, 6) is 0.589. The molecule has 3 fully saturated rings. The van der Waals surface area contributed by atoms with E-state index in [0.717, 1.165) is 54.8 Å². The predicted molar refractivity (Wildman–Crippen MR) is 137 cm³/mol. The molecule has 10 heteroatoms. The van der Waals surface area contributed by atoms with Gasteiger partial charge in [-0.25, -0.2) is 9.37 Å². The van der Waals surface area contributed by atoms with Gasteiger partial charge in [-0.2, -0.15) is 5.10 Å². The zero-order valence-corrected chi connectivity index (χ0v) is 21.2. The van der Waals surface area contributed by atoms with Crippen LogP contribution >= 0.6 is 11.6 Å². The molecule has 1 saturated carbocycles. The van der Waals surface area contributed by atoms with E-state index in [9.17, 15) is 9.18 Å². The molecule has 6 rings (SSSR count). The van der Waals surface area contributed by atoms with E-state index < -0.39 is 11.7 Å². The Morgan fingerprint density at radius 2 is 2.03 bits per heavy atom. The Kier molecular flexibility index (Phi) is 5.89. The lowest BCUT2D eigenvalue weighted by Gasteiger charge is -2.44. The van der Waals surface area contributed by atoms with Gasteiger partial charge in [-0.1, -0.05) is 11.6 Å². The highest BCUT2D eigenvalue weighted by molar-refractivity contribution is 6.34. The topological polar surface area (TPSA) is 75.5 Å². The molecule has 3 aliphatic rings. The van der Waals surface area contributed by atoms with E-state index in [1.54, 1.807) is 10.9 Å². The maximum absolute atomic E-state index is 14.5. The fraction of sp³-hybridized carbons (Fsp3) is 0.500. The molecule has 4 atom stereocenters. The number of rotatable bonds is 5. The molecule has 1 aromatic carbocycles. The molecule has 1 amide bonds. The van der Waals surface area contributed by atoms with Gasteiger partial charge in [0.1, 0.15) is 12.0 Å². The monoisotopic (exact) mass is 512 g/mol. The molecular formula is C26H30ClFN6O2. The van der Waals surface area contributed by atoms with Crippen LogP contribution in [0.2, 0.25) is 5.02 Å². The number of fused-ring (bicyclic) bond motifs is 1. The number of ether oxygens (including phenoxy) is 1. The van der Waals surface area contributed by atoms with Crippen LogP contribution < -0.4 is 10.2 Å². The van der Waals surface area contributed by atoms with Crippen molar-refractivity contribution in [2.75, 3.05) is 49.6 Å². The van der Waals surface area contributed by atoms with E-state index in [1.165, 1.54) is 0 Å². The number of halogens is 2. The van der Waals surface area contributed by atoms with Crippen LogP contribution in [0.1, 0.15) is 25.0 Å². The Morgan fingerprint density at radius 1 is 1.22 bits per heavy atom. The van der Waals surface area contributed by atoms with Crippen molar-refractivity contribution in [3.63, 3.8) is 0 Å². The predicted octanol–water partition coefficient (Wildman–Crippen LogP) is 3.61. The number of benzene rings is 1. The summed E-state index contributed by atoms with van der Waals surface area (Å²) in [5.41, 5.74) is 1.34. The molecule has 190 valence electrons. The molecule has 8 nitrogen and oxygen atoms in total. The Hall–Kier alpha value is -2.75. The van der Waals surface area contributed by atoms with Crippen LogP contribution in [-0.4, -0.2) is 76.7 Å². The number of nitrogens with one attached hydrogen (secondary N) is 1. The second-order valence-electron chi connectivity index (χ2n) is 10.4. The van der Waals surface area contributed by atoms with Crippen LogP contribution in [0, 0.1) is 5.92 Å². The molecule has 1 aliphatic carbocycles. The fourth-order valence-corrected chi connectivity index (χ4v) is 5.80. The SMILES string of the molecule is Cn1ccc([C@@H]2C[C@H]2C(=O)Nc2cc3cc(N4CCN([C@]5(C)COC[C@@H]5F)CC4)c(Cl)cc3cn2)n1. The zero-order chi connectivity index (χ0) is 25.0. The summed E-state index contributed by atoms with van der Waals surface area (Å²) in [6.45, 7) is 5.53. The Bertz CT molecular complexity index is 1310. The van der Waals surface area contributed by atoms with E-state index >= 15 is 0 Å². The van der Waals surface area contributed by atoms with Crippen molar-refractivity contribution >= 4 is 39.8 Å². The first-order valence-electron chi connectivity index (χ1n) is 12.4. The summed E-state index contributed by atoms with van der Waals surface area (Å²) in [5, 5.41) is 9.93. The highest BCUT2D eigenvalue weighted by atomic mass is 35.5. The number of amides is 1. The molecule has 4 heterocycles. The number of aromatic nitrogens is 3. The van der Waals surface area contributed by atoms with Crippen LogP contribution in [0.25, 0.3) is 10.8 Å². The Balaban J connectivity index is 1.15. The summed E-state index contributed by atoms with van der Waals surface area (Å²) < 4.78 is 21.6. The Labute approximate surface area is 214 Å². The van der Waals surface area contributed by atoms with E-state index in [-0.39, 0.29) is 24.3 Å². The summed E-state index contributed by atoms with van der Waals surface area (Å²) in [7, 11) is 1.88. The number of aryl methyl sites for hydroxylation is 1. The third-order valence-electron chi connectivity index (χ3n) is 7.96. The van der Waals surface area contributed by atoms with Gasteiger partial charge in [-0.05, 0) is 43.0 Å². The van der Waals surface area contributed by atoms with Crippen LogP contribution in [0.15, 0.2) is 36.7 Å². The Morgan fingerprint density at radius 3 is 2.72 bits per heavy atom. The molecule has 2 aromatic heterocycles. The van der Waals surface area contributed by atoms with Crippen LogP contribution in [0.3, 0.4) is 0 Å². The first-order chi connectivity index (χ1) is 17.3. The first-order valence-corrected chi connectivity index (χ1v) is 12.8. The highest BCUT2D eigenvalue weighted by Crippen LogP contribution is 2.47. The lowest BCUT2D eigenvalue weighted by Crippen LogP contribution is -2.59. The minimum Gasteiger partial charge on any atom is -0.376 e. The smallest absolute Gasteiger partial charge is 0.229 e. The van der Waals surface area contributed by atoms with Gasteiger partial charge in [0.05, 0.1) is 35.2 Å². The van der Waals surface area contributed by atoms with E-state index in [4.69, 9.17) is 16.3 Å². The quantitative estimate of drug-likeness (QED) is 0.563. The highest BCUT2D eigenvalue weighted by Gasteiger charge is 2.46. The number of alkyl halides is 1. The number of carbonyl (C=O) groups is 1. The molecule has 3 aromatic rings. The number of hydrogen-bond donors (Lipinski definition) is 1. The zero-order valence-electron chi connectivity index (χ0n) is 20.5. The molecule has 1 N–H and O–H groups in total. The summed E-state index contributed by atoms with van der Waals surface area (Å²) >= 11 is 6.66. The molecule has 36 heavy (non-hydrogen) atoms. The van der Waals surface area contributed by atoms with Gasteiger partial charge in [0, 0.05) is 62.8 Å². The molecule has 0 bridgehead atoms. The van der Waals surface area contributed by atoms with Gasteiger partial charge in [0.15, 0.2) is 0 Å². The number of carbonyl (C=O) groups excluding carboxylic acids is 1. The third kappa shape index (κ3) is 4.23. The van der Waals surface area contributed by atoms with Crippen molar-refractivity contribution in [1.29, 1.82) is 0 Å². The molecule has 0 spiro atoms. The van der Waals surface area contributed by atoms with Crippen molar-refractivity contribution in [2.24, 2.45) is 13.0 Å². The number of hydrogen-bond acceptors (Lipinski definition) is 6. The van der Waals surface area contributed by atoms with Crippen LogP contribution in [0.5, 0.6) is 0 Å². The third-order valence-corrected chi connectivity index (χ3v) is 8.26. The van der Waals surface area contributed by atoms with Crippen LogP contribution in [0.4, 0.5) is 15.9 Å². The van der Waals surface area contributed by atoms with Crippen molar-refractivity contribution in [1.82, 2.24) is 19.7 Å². The minimum atomic E-state index is -0.968. The minimum absolute atomic E-state index is 0.0293. The van der Waals surface area contributed by atoms with Crippen molar-refractivity contribution in [2.45, 2.75) is 31.0 Å². The standard InChI is InChI=1S/C26H30ClFN6O2/c1-26(15-36-14-23(26)28)34-7-5-33(6-8-34)22-10-16-11-24(29-13-17(16)9-20(22)27)30-25(35)19-12-18(19)21-3-4-32(2)31-21/h3-4,9-11,13,18-19,23H,5-8,12,14-15H2,1-2H3,(H,29,30,35)/t18-,19-,23+,26-/m1/s1. The van der Waals surface area contributed by atoms with Crippen molar-refractivity contribution < 1.29 is 13.9 Å². The van der Waals surface area contributed by atoms with Gasteiger partial charge < -0.3 is 15.0 Å². The average molecular weight is 513 g/mol. The van der Waals surface area contributed by atoms with E-state index in [0.29, 0.717) is 17.4 Å². The summed E-state index contributed by atoms with van der Waals surface area (Å²) in [6.07, 6.45) is 3.47. The normalized spacial score (nSPS) is 28.6. The number of anilines is 2. The lowest BCUT2D eigenvalue weighted by atomic mass is 9.96. The maximum Gasteiger partial charge on any atom is 0.229 e. The van der Waals surface area contributed by atoms with Crippen molar-refractivity contribution in [3.8, 4) is 0 Å². The van der Waals surface area contributed by atoms with Crippen molar-refractivity contribution in [3.05, 3.63) is 47.4 Å². The van der Waals surface area contributed by atoms with Gasteiger partial charge in [0.25, 0.3) is 0 Å². The number of piperazine rings is 1. The summed E-state index contributed by atoms with van der Waals surface area (Å²) in [6, 6.07) is 7.83. The second kappa shape index (κ2) is 8.97. The fourth-order valence-electron chi connectivity index (χ4n) is 5.51. The molecule has 2 aliphatic heterocycles. The number of nitrogens with zero attached hydrogens (tertiary/aromatic N) is 5. The maximum atomic E-state index is 14.5. The van der Waals surface area contributed by atoms with Crippen LogP contribution in [-0.2, 0) is 16.6 Å². The largest absolute Gasteiger partial charge is 0.376 e. The second-order valence-corrected chi connectivity index (χ2v) is 10.8. The van der Waals surface area contributed by atoms with Gasteiger partial charge in [0.2, 0.25) is 5.91 Å². The molecule has 0 unspecified atom stereocenters. The first kappa shape index (κ1) is 23.6. The average Bonchev–Trinajstić information content (AvgIpc) is 3.44. The molecular weight excluding hydrogens is 483 g/mol. The molecule has 0 radical (unpaired) electrons. The number of pyridine rings is 1. The van der Waals surface area contributed by atoms with Gasteiger partial charge >= 0.3 is 0 Å².